The predicted molar refractivity (Wildman–Crippen MR) is 79.3 cm³/mol. The summed E-state index contributed by atoms with van der Waals surface area (Å²) in [7, 11) is 0. The molecule has 19 heavy (non-hydrogen) atoms. The van der Waals surface area contributed by atoms with Gasteiger partial charge in [-0.25, -0.2) is 0 Å². The Kier molecular flexibility index (Phi) is 4.46. The lowest BCUT2D eigenvalue weighted by Gasteiger charge is -2.39. The second-order valence-corrected chi connectivity index (χ2v) is 5.65. The number of aryl methyl sites for hydroxylation is 1. The van der Waals surface area contributed by atoms with Gasteiger partial charge in [0.2, 0.25) is 5.91 Å². The second-order valence-electron chi connectivity index (χ2n) is 5.65. The summed E-state index contributed by atoms with van der Waals surface area (Å²) in [6, 6.07) is 8.88. The van der Waals surface area contributed by atoms with E-state index in [1.54, 1.807) is 0 Å². The number of hydrogen-bond acceptors (Lipinski definition) is 2. The normalized spacial score (nSPS) is 23.2. The Hall–Kier alpha value is -1.51. The van der Waals surface area contributed by atoms with Crippen LogP contribution in [0.1, 0.15) is 38.7 Å². The molecule has 1 heterocycles. The number of piperidine rings is 1. The molecule has 1 aromatic rings. The lowest BCUT2D eigenvalue weighted by atomic mass is 9.97. The Morgan fingerprint density at radius 3 is 2.63 bits per heavy atom. The van der Waals surface area contributed by atoms with Gasteiger partial charge in [-0.3, -0.25) is 4.79 Å². The standard InChI is InChI=1S/C16H24N2O/c1-12-6-4-9-15(10-12)17-11-16(19)18-13(2)7-5-8-14(18)3/h4,6,9-10,13-14,17H,5,7-8,11H2,1-3H3. The summed E-state index contributed by atoms with van der Waals surface area (Å²) in [5.74, 6) is 0.209. The van der Waals surface area contributed by atoms with Gasteiger partial charge in [0.05, 0.1) is 6.54 Å². The number of carbonyl (C=O) groups is 1. The van der Waals surface area contributed by atoms with Crippen molar-refractivity contribution in [3.05, 3.63) is 29.8 Å². The fourth-order valence-corrected chi connectivity index (χ4v) is 2.94. The number of amides is 1. The molecule has 1 aliphatic heterocycles. The zero-order valence-electron chi connectivity index (χ0n) is 12.1. The molecule has 1 amide bonds. The van der Waals surface area contributed by atoms with Gasteiger partial charge in [0.15, 0.2) is 0 Å². The Morgan fingerprint density at radius 1 is 1.32 bits per heavy atom. The largest absolute Gasteiger partial charge is 0.376 e. The summed E-state index contributed by atoms with van der Waals surface area (Å²) in [4.78, 5) is 14.4. The van der Waals surface area contributed by atoms with Gasteiger partial charge in [0.25, 0.3) is 0 Å². The van der Waals surface area contributed by atoms with Crippen molar-refractivity contribution in [2.24, 2.45) is 0 Å². The van der Waals surface area contributed by atoms with Crippen LogP contribution >= 0.6 is 0 Å². The van der Waals surface area contributed by atoms with Gasteiger partial charge in [-0.2, -0.15) is 0 Å². The van der Waals surface area contributed by atoms with E-state index >= 15 is 0 Å². The molecule has 1 N–H and O–H groups in total. The van der Waals surface area contributed by atoms with E-state index in [0.29, 0.717) is 18.6 Å². The molecule has 0 bridgehead atoms. The number of benzene rings is 1. The highest BCUT2D eigenvalue weighted by Crippen LogP contribution is 2.22. The van der Waals surface area contributed by atoms with Crippen LogP contribution in [0.2, 0.25) is 0 Å². The van der Waals surface area contributed by atoms with E-state index in [4.69, 9.17) is 0 Å². The third-order valence-corrected chi connectivity index (χ3v) is 3.94. The molecule has 1 aliphatic rings. The minimum Gasteiger partial charge on any atom is -0.376 e. The van der Waals surface area contributed by atoms with Crippen LogP contribution in [0, 0.1) is 6.92 Å². The average molecular weight is 260 g/mol. The van der Waals surface area contributed by atoms with Gasteiger partial charge in [-0.05, 0) is 57.7 Å². The number of nitrogens with one attached hydrogen (secondary N) is 1. The molecular formula is C16H24N2O. The number of rotatable bonds is 3. The zero-order valence-corrected chi connectivity index (χ0v) is 12.1. The van der Waals surface area contributed by atoms with Crippen molar-refractivity contribution in [1.82, 2.24) is 4.90 Å². The van der Waals surface area contributed by atoms with Crippen LogP contribution in [0.15, 0.2) is 24.3 Å². The molecule has 1 fully saturated rings. The van der Waals surface area contributed by atoms with Gasteiger partial charge < -0.3 is 10.2 Å². The van der Waals surface area contributed by atoms with E-state index < -0.39 is 0 Å². The Labute approximate surface area is 116 Å². The third kappa shape index (κ3) is 3.49. The molecule has 1 saturated heterocycles. The van der Waals surface area contributed by atoms with Crippen LogP contribution in [-0.2, 0) is 4.79 Å². The molecule has 2 unspecified atom stereocenters. The van der Waals surface area contributed by atoms with Crippen LogP contribution in [0.5, 0.6) is 0 Å². The molecule has 0 aromatic heterocycles. The molecule has 1 aromatic carbocycles. The van der Waals surface area contributed by atoms with Crippen molar-refractivity contribution in [2.75, 3.05) is 11.9 Å². The maximum atomic E-state index is 12.3. The monoisotopic (exact) mass is 260 g/mol. The second kappa shape index (κ2) is 6.09. The van der Waals surface area contributed by atoms with Crippen LogP contribution in [0.3, 0.4) is 0 Å². The molecular weight excluding hydrogens is 236 g/mol. The summed E-state index contributed by atoms with van der Waals surface area (Å²) >= 11 is 0. The lowest BCUT2D eigenvalue weighted by Crippen LogP contribution is -2.49. The van der Waals surface area contributed by atoms with Crippen molar-refractivity contribution in [3.8, 4) is 0 Å². The summed E-state index contributed by atoms with van der Waals surface area (Å²) in [5, 5.41) is 3.23. The van der Waals surface area contributed by atoms with E-state index in [0.717, 1.165) is 18.5 Å². The molecule has 104 valence electrons. The summed E-state index contributed by atoms with van der Waals surface area (Å²) in [6.07, 6.45) is 3.48. The van der Waals surface area contributed by atoms with Crippen molar-refractivity contribution in [2.45, 2.75) is 52.1 Å². The van der Waals surface area contributed by atoms with Crippen molar-refractivity contribution >= 4 is 11.6 Å². The van der Waals surface area contributed by atoms with Gasteiger partial charge in [-0.1, -0.05) is 12.1 Å². The summed E-state index contributed by atoms with van der Waals surface area (Å²) in [6.45, 7) is 6.75. The number of hydrogen-bond donors (Lipinski definition) is 1. The van der Waals surface area contributed by atoms with Crippen molar-refractivity contribution < 1.29 is 4.79 Å². The fraction of sp³-hybridized carbons (Fsp3) is 0.562. The van der Waals surface area contributed by atoms with E-state index in [9.17, 15) is 4.79 Å². The summed E-state index contributed by atoms with van der Waals surface area (Å²) in [5.41, 5.74) is 2.22. The number of likely N-dealkylation sites (tertiary alicyclic amines) is 1. The molecule has 0 radical (unpaired) electrons. The van der Waals surface area contributed by atoms with E-state index in [1.807, 2.05) is 17.0 Å². The highest BCUT2D eigenvalue weighted by atomic mass is 16.2. The maximum Gasteiger partial charge on any atom is 0.242 e. The molecule has 0 saturated carbocycles. The Balaban J connectivity index is 1.93. The lowest BCUT2D eigenvalue weighted by molar-refractivity contribution is -0.135. The minimum atomic E-state index is 0.209. The highest BCUT2D eigenvalue weighted by Gasteiger charge is 2.28. The first-order valence-electron chi connectivity index (χ1n) is 7.19. The molecule has 3 heteroatoms. The first-order chi connectivity index (χ1) is 9.08. The molecule has 0 aliphatic carbocycles. The predicted octanol–water partition coefficient (Wildman–Crippen LogP) is 3.20. The van der Waals surface area contributed by atoms with Crippen molar-refractivity contribution in [3.63, 3.8) is 0 Å². The smallest absolute Gasteiger partial charge is 0.242 e. The SMILES string of the molecule is Cc1cccc(NCC(=O)N2C(C)CCCC2C)c1. The van der Waals surface area contributed by atoms with E-state index in [1.165, 1.54) is 12.0 Å². The zero-order chi connectivity index (χ0) is 13.8. The first kappa shape index (κ1) is 13.9. The third-order valence-electron chi connectivity index (χ3n) is 3.94. The maximum absolute atomic E-state index is 12.3. The molecule has 0 spiro atoms. The quantitative estimate of drug-likeness (QED) is 0.905. The number of carbonyl (C=O) groups excluding carboxylic acids is 1. The Bertz CT molecular complexity index is 434. The minimum absolute atomic E-state index is 0.209. The van der Waals surface area contributed by atoms with Crippen LogP contribution < -0.4 is 5.32 Å². The van der Waals surface area contributed by atoms with Gasteiger partial charge in [0.1, 0.15) is 0 Å². The van der Waals surface area contributed by atoms with E-state index in [-0.39, 0.29) is 5.91 Å². The molecule has 2 rings (SSSR count). The Morgan fingerprint density at radius 2 is 2.00 bits per heavy atom. The van der Waals surface area contributed by atoms with Gasteiger partial charge in [-0.15, -0.1) is 0 Å². The molecule has 2 atom stereocenters. The topological polar surface area (TPSA) is 32.3 Å². The van der Waals surface area contributed by atoms with Gasteiger partial charge >= 0.3 is 0 Å². The van der Waals surface area contributed by atoms with Crippen LogP contribution in [-0.4, -0.2) is 29.4 Å². The fourth-order valence-electron chi connectivity index (χ4n) is 2.94. The van der Waals surface area contributed by atoms with Crippen molar-refractivity contribution in [1.29, 1.82) is 0 Å². The van der Waals surface area contributed by atoms with E-state index in [2.05, 4.69) is 38.2 Å². The number of nitrogens with zero attached hydrogens (tertiary/aromatic N) is 1. The average Bonchev–Trinajstić information content (AvgIpc) is 2.36. The van der Waals surface area contributed by atoms with Crippen LogP contribution in [0.4, 0.5) is 5.69 Å². The van der Waals surface area contributed by atoms with Gasteiger partial charge in [0, 0.05) is 17.8 Å². The molecule has 3 nitrogen and oxygen atoms in total. The first-order valence-corrected chi connectivity index (χ1v) is 7.19. The number of anilines is 1. The summed E-state index contributed by atoms with van der Waals surface area (Å²) < 4.78 is 0. The van der Waals surface area contributed by atoms with Crippen LogP contribution in [0.25, 0.3) is 0 Å². The highest BCUT2D eigenvalue weighted by molar-refractivity contribution is 5.81.